The summed E-state index contributed by atoms with van der Waals surface area (Å²) in [6.45, 7) is 3.28. The smallest absolute Gasteiger partial charge is 0.251 e. The number of ether oxygens (including phenoxy) is 2. The van der Waals surface area contributed by atoms with Crippen molar-refractivity contribution < 1.29 is 14.3 Å². The Hall–Kier alpha value is -3.91. The van der Waals surface area contributed by atoms with Crippen LogP contribution in [0.3, 0.4) is 0 Å². The number of nitrogens with two attached hydrogens (primary N) is 1. The standard InChI is InChI=1S/C14H15N3O2.C12H12N2O/c1-7-12-10(6-19-7)9-5-8(14(18)16-2)3-4-11(9)17-13(12)15;1-14-8-11(7-13-14)10-3-2-9-4-5-15-12(9)6-10/h3-5,7H,6H2,1-2H3,(H2,15,17)(H,16,18);2-3,6-8H,4-5H2,1H3/t7-;/m1./s1. The van der Waals surface area contributed by atoms with Gasteiger partial charge in [-0.25, -0.2) is 4.98 Å². The second kappa shape index (κ2) is 8.79. The number of anilines is 1. The fourth-order valence-corrected chi connectivity index (χ4v) is 4.47. The lowest BCUT2D eigenvalue weighted by molar-refractivity contribution is 0.0801. The van der Waals surface area contributed by atoms with Crippen molar-refractivity contribution in [3.8, 4) is 16.9 Å². The summed E-state index contributed by atoms with van der Waals surface area (Å²) in [6, 6.07) is 11.8. The minimum absolute atomic E-state index is 0.0458. The fraction of sp³-hybridized carbons (Fsp3) is 0.269. The normalized spacial score (nSPS) is 15.8. The summed E-state index contributed by atoms with van der Waals surface area (Å²) in [6.07, 6.45) is 4.87. The molecule has 174 valence electrons. The molecule has 3 N–H and O–H groups in total. The Labute approximate surface area is 197 Å². The number of carbonyl (C=O) groups excluding carboxylic acids is 1. The third-order valence-corrected chi connectivity index (χ3v) is 6.27. The first-order chi connectivity index (χ1) is 16.4. The van der Waals surface area contributed by atoms with E-state index in [1.165, 1.54) is 11.1 Å². The van der Waals surface area contributed by atoms with E-state index < -0.39 is 0 Å². The molecule has 8 heteroatoms. The number of aryl methyl sites for hydroxylation is 1. The molecule has 0 bridgehead atoms. The highest BCUT2D eigenvalue weighted by Gasteiger charge is 2.25. The summed E-state index contributed by atoms with van der Waals surface area (Å²) in [5, 5.41) is 7.72. The number of amides is 1. The molecule has 6 rings (SSSR count). The molecule has 2 aliphatic rings. The van der Waals surface area contributed by atoms with Gasteiger partial charge < -0.3 is 20.5 Å². The predicted octanol–water partition coefficient (Wildman–Crippen LogP) is 3.79. The van der Waals surface area contributed by atoms with Gasteiger partial charge in [-0.2, -0.15) is 5.10 Å². The van der Waals surface area contributed by atoms with E-state index in [9.17, 15) is 4.79 Å². The van der Waals surface area contributed by atoms with Gasteiger partial charge in [-0.3, -0.25) is 9.48 Å². The van der Waals surface area contributed by atoms with Gasteiger partial charge in [0.25, 0.3) is 5.91 Å². The van der Waals surface area contributed by atoms with Crippen LogP contribution >= 0.6 is 0 Å². The summed E-state index contributed by atoms with van der Waals surface area (Å²) in [5.74, 6) is 1.43. The molecular weight excluding hydrogens is 430 g/mol. The lowest BCUT2D eigenvalue weighted by atomic mass is 10.0. The molecule has 2 aliphatic heterocycles. The number of rotatable bonds is 2. The Morgan fingerprint density at radius 3 is 2.82 bits per heavy atom. The lowest BCUT2D eigenvalue weighted by Gasteiger charge is -2.10. The quantitative estimate of drug-likeness (QED) is 0.475. The van der Waals surface area contributed by atoms with Crippen molar-refractivity contribution in [2.24, 2.45) is 7.05 Å². The van der Waals surface area contributed by atoms with E-state index in [-0.39, 0.29) is 12.0 Å². The average molecular weight is 458 g/mol. The first kappa shape index (κ1) is 21.9. The van der Waals surface area contributed by atoms with Crippen molar-refractivity contribution in [1.29, 1.82) is 0 Å². The van der Waals surface area contributed by atoms with Crippen LogP contribution in [0.4, 0.5) is 5.82 Å². The molecule has 34 heavy (non-hydrogen) atoms. The van der Waals surface area contributed by atoms with Crippen LogP contribution in [0.25, 0.3) is 22.0 Å². The molecule has 2 aromatic heterocycles. The van der Waals surface area contributed by atoms with E-state index in [2.05, 4.69) is 33.6 Å². The molecular formula is C26H27N5O3. The lowest BCUT2D eigenvalue weighted by Crippen LogP contribution is -2.17. The number of aromatic nitrogens is 3. The number of nitrogens with one attached hydrogen (secondary N) is 1. The molecule has 4 heterocycles. The maximum absolute atomic E-state index is 11.7. The summed E-state index contributed by atoms with van der Waals surface area (Å²) in [4.78, 5) is 16.1. The van der Waals surface area contributed by atoms with Gasteiger partial charge in [-0.15, -0.1) is 0 Å². The second-order valence-corrected chi connectivity index (χ2v) is 8.48. The van der Waals surface area contributed by atoms with Gasteiger partial charge in [0.15, 0.2) is 0 Å². The number of hydrogen-bond acceptors (Lipinski definition) is 6. The molecule has 0 saturated heterocycles. The maximum Gasteiger partial charge on any atom is 0.251 e. The van der Waals surface area contributed by atoms with Crippen LogP contribution in [-0.2, 0) is 24.8 Å². The third kappa shape index (κ3) is 3.97. The number of nitrogens with zero attached hydrogens (tertiary/aromatic N) is 3. The van der Waals surface area contributed by atoms with Gasteiger partial charge in [0, 0.05) is 48.8 Å². The van der Waals surface area contributed by atoms with Gasteiger partial charge in [0.2, 0.25) is 0 Å². The number of pyridine rings is 1. The molecule has 1 atom stereocenters. The monoisotopic (exact) mass is 457 g/mol. The van der Waals surface area contributed by atoms with Gasteiger partial charge in [-0.1, -0.05) is 12.1 Å². The Morgan fingerprint density at radius 2 is 2.06 bits per heavy atom. The number of fused-ring (bicyclic) bond motifs is 4. The van der Waals surface area contributed by atoms with Gasteiger partial charge in [-0.05, 0) is 47.9 Å². The Morgan fingerprint density at radius 1 is 1.21 bits per heavy atom. The van der Waals surface area contributed by atoms with Crippen LogP contribution in [0.2, 0.25) is 0 Å². The third-order valence-electron chi connectivity index (χ3n) is 6.27. The van der Waals surface area contributed by atoms with Crippen molar-refractivity contribution in [1.82, 2.24) is 20.1 Å². The zero-order valence-electron chi connectivity index (χ0n) is 19.5. The Balaban J connectivity index is 0.000000145. The summed E-state index contributed by atoms with van der Waals surface area (Å²) in [5.41, 5.74) is 13.0. The number of benzene rings is 2. The highest BCUT2D eigenvalue weighted by atomic mass is 16.5. The number of hydrogen-bond donors (Lipinski definition) is 2. The van der Waals surface area contributed by atoms with Crippen LogP contribution in [0.5, 0.6) is 5.75 Å². The molecule has 0 spiro atoms. The zero-order chi connectivity index (χ0) is 23.8. The van der Waals surface area contributed by atoms with E-state index in [4.69, 9.17) is 15.2 Å². The van der Waals surface area contributed by atoms with Crippen molar-refractivity contribution in [2.45, 2.75) is 26.1 Å². The van der Waals surface area contributed by atoms with Gasteiger partial charge >= 0.3 is 0 Å². The SMILES string of the molecule is CNC(=O)c1ccc2nc(N)c3c(c2c1)CO[C@@H]3C.Cn1cc(-c2ccc3c(c2)OCC3)cn1. The van der Waals surface area contributed by atoms with Crippen LogP contribution in [0.15, 0.2) is 48.8 Å². The molecule has 4 aromatic rings. The van der Waals surface area contributed by atoms with Crippen LogP contribution in [0.1, 0.15) is 40.1 Å². The summed E-state index contributed by atoms with van der Waals surface area (Å²) in [7, 11) is 3.54. The Kier molecular flexibility index (Phi) is 5.67. The van der Waals surface area contributed by atoms with Crippen molar-refractivity contribution in [2.75, 3.05) is 19.4 Å². The van der Waals surface area contributed by atoms with E-state index >= 15 is 0 Å². The summed E-state index contributed by atoms with van der Waals surface area (Å²) >= 11 is 0. The van der Waals surface area contributed by atoms with Crippen LogP contribution in [-0.4, -0.2) is 34.3 Å². The molecule has 0 aliphatic carbocycles. The molecule has 2 aromatic carbocycles. The molecule has 1 amide bonds. The minimum atomic E-state index is -0.112. The molecule has 0 fully saturated rings. The van der Waals surface area contributed by atoms with Crippen LogP contribution < -0.4 is 15.8 Å². The maximum atomic E-state index is 11.7. The van der Waals surface area contributed by atoms with E-state index in [0.29, 0.717) is 18.0 Å². The largest absolute Gasteiger partial charge is 0.493 e. The molecule has 8 nitrogen and oxygen atoms in total. The number of nitrogen functional groups attached to an aromatic ring is 1. The second-order valence-electron chi connectivity index (χ2n) is 8.48. The zero-order valence-corrected chi connectivity index (χ0v) is 19.5. The van der Waals surface area contributed by atoms with E-state index in [0.717, 1.165) is 46.4 Å². The Bertz CT molecular complexity index is 1390. The molecule has 0 saturated carbocycles. The first-order valence-electron chi connectivity index (χ1n) is 11.2. The highest BCUT2D eigenvalue weighted by molar-refractivity contribution is 5.99. The predicted molar refractivity (Wildman–Crippen MR) is 131 cm³/mol. The number of carbonyl (C=O) groups is 1. The van der Waals surface area contributed by atoms with Crippen molar-refractivity contribution in [3.05, 3.63) is 71.0 Å². The van der Waals surface area contributed by atoms with Crippen LogP contribution in [0, 0.1) is 0 Å². The highest BCUT2D eigenvalue weighted by Crippen LogP contribution is 2.38. The summed E-state index contributed by atoms with van der Waals surface area (Å²) < 4.78 is 13.0. The van der Waals surface area contributed by atoms with Crippen molar-refractivity contribution in [3.63, 3.8) is 0 Å². The van der Waals surface area contributed by atoms with Gasteiger partial charge in [0.1, 0.15) is 11.6 Å². The van der Waals surface area contributed by atoms with Gasteiger partial charge in [0.05, 0.1) is 31.0 Å². The average Bonchev–Trinajstić information content (AvgIpc) is 3.58. The molecule has 0 radical (unpaired) electrons. The van der Waals surface area contributed by atoms with Crippen molar-refractivity contribution >= 4 is 22.6 Å². The topological polar surface area (TPSA) is 104 Å². The fourth-order valence-electron chi connectivity index (χ4n) is 4.47. The first-order valence-corrected chi connectivity index (χ1v) is 11.2. The minimum Gasteiger partial charge on any atom is -0.493 e. The van der Waals surface area contributed by atoms with E-state index in [1.54, 1.807) is 13.1 Å². The molecule has 0 unspecified atom stereocenters. The van der Waals surface area contributed by atoms with E-state index in [1.807, 2.05) is 43.2 Å².